The first-order chi connectivity index (χ1) is 18.6. The first kappa shape index (κ1) is 26.0. The molecule has 0 saturated carbocycles. The van der Waals surface area contributed by atoms with Crippen LogP contribution in [0.15, 0.2) is 54.7 Å². The van der Waals surface area contributed by atoms with Crippen LogP contribution in [-0.2, 0) is 11.2 Å². The van der Waals surface area contributed by atoms with E-state index < -0.39 is 41.1 Å². The topological polar surface area (TPSA) is 111 Å². The normalized spacial score (nSPS) is 12.2. The predicted molar refractivity (Wildman–Crippen MR) is 133 cm³/mol. The van der Waals surface area contributed by atoms with Gasteiger partial charge in [0.25, 0.3) is 0 Å². The third-order valence-corrected chi connectivity index (χ3v) is 6.31. The molecule has 3 aromatic carbocycles. The fourth-order valence-electron chi connectivity index (χ4n) is 4.33. The second-order valence-electron chi connectivity index (χ2n) is 8.90. The second-order valence-corrected chi connectivity index (χ2v) is 8.90. The number of hydrogen-bond donors (Lipinski definition) is 4. The molecule has 39 heavy (non-hydrogen) atoms. The number of ether oxygens (including phenoxy) is 1. The summed E-state index contributed by atoms with van der Waals surface area (Å²) in [6, 6.07) is 10.2. The van der Waals surface area contributed by atoms with E-state index in [2.05, 4.69) is 15.0 Å². The number of fused-ring (bicyclic) bond motifs is 1. The number of halogens is 4. The minimum atomic E-state index is -1.54. The molecule has 0 aliphatic carbocycles. The number of aliphatic carboxylic acids is 1. The van der Waals surface area contributed by atoms with E-state index in [1.165, 1.54) is 42.6 Å². The number of aliphatic hydroxyl groups is 1. The Morgan fingerprint density at radius 1 is 1.05 bits per heavy atom. The van der Waals surface area contributed by atoms with Crippen LogP contribution < -0.4 is 4.74 Å². The lowest BCUT2D eigenvalue weighted by Crippen LogP contribution is -2.08. The van der Waals surface area contributed by atoms with Gasteiger partial charge in [-0.3, -0.25) is 4.79 Å². The number of aliphatic hydroxyl groups excluding tert-OH is 1. The van der Waals surface area contributed by atoms with Crippen molar-refractivity contribution in [2.75, 3.05) is 0 Å². The molecular weight excluding hydrogens is 518 g/mol. The minimum Gasteiger partial charge on any atom is -0.481 e. The zero-order valence-electron chi connectivity index (χ0n) is 20.4. The molecule has 0 amide bonds. The number of rotatable bonds is 8. The first-order valence-corrected chi connectivity index (χ1v) is 11.8. The van der Waals surface area contributed by atoms with Crippen LogP contribution >= 0.6 is 0 Å². The fraction of sp³-hybridized carbons (Fsp3) is 0.143. The van der Waals surface area contributed by atoms with Crippen LogP contribution in [0.3, 0.4) is 0 Å². The highest BCUT2D eigenvalue weighted by molar-refractivity contribution is 5.82. The van der Waals surface area contributed by atoms with Crippen molar-refractivity contribution in [2.45, 2.75) is 25.9 Å². The van der Waals surface area contributed by atoms with Gasteiger partial charge < -0.3 is 24.9 Å². The summed E-state index contributed by atoms with van der Waals surface area (Å²) in [5.41, 5.74) is 0.457. The van der Waals surface area contributed by atoms with Crippen molar-refractivity contribution < 1.29 is 37.3 Å². The van der Waals surface area contributed by atoms with Crippen LogP contribution in [0.1, 0.15) is 35.0 Å². The van der Waals surface area contributed by atoms with Gasteiger partial charge in [0.15, 0.2) is 17.4 Å². The zero-order valence-corrected chi connectivity index (χ0v) is 20.4. The standard InChI is InChI=1S/C28H21F4N3O4/c1-13-25(26(38)17-4-2-3-14(23(17)31)5-8-22(36)37)35-28(34-13)18-11-15(6-7-19(18)29)39-27-20(30)12-21-16(24(27)32)9-10-33-21/h2-4,6-7,9-12,26,33,38H,5,8H2,1H3,(H,34,35)(H,36,37)/t26-/m1/s1. The number of hydrogen-bond acceptors (Lipinski definition) is 4. The SMILES string of the molecule is Cc1[nH]c(-c2cc(Oc3c(F)cc4[nH]ccc4c3F)ccc2F)nc1[C@H](O)c1cccc(CCC(=O)O)c1F. The molecule has 11 heteroatoms. The molecule has 0 radical (unpaired) electrons. The van der Waals surface area contributed by atoms with E-state index in [1.54, 1.807) is 6.92 Å². The molecule has 0 aliphatic rings. The van der Waals surface area contributed by atoms with Crippen molar-refractivity contribution in [3.8, 4) is 22.9 Å². The van der Waals surface area contributed by atoms with Gasteiger partial charge in [0.1, 0.15) is 29.3 Å². The lowest BCUT2D eigenvalue weighted by atomic mass is 9.99. The quantitative estimate of drug-likeness (QED) is 0.173. The first-order valence-electron chi connectivity index (χ1n) is 11.8. The molecule has 1 atom stereocenters. The Balaban J connectivity index is 1.46. The van der Waals surface area contributed by atoms with E-state index in [0.29, 0.717) is 5.69 Å². The summed E-state index contributed by atoms with van der Waals surface area (Å²) in [6.07, 6.45) is -0.440. The van der Waals surface area contributed by atoms with Crippen LogP contribution in [0.25, 0.3) is 22.3 Å². The van der Waals surface area contributed by atoms with Crippen molar-refractivity contribution in [1.82, 2.24) is 15.0 Å². The van der Waals surface area contributed by atoms with E-state index in [4.69, 9.17) is 9.84 Å². The molecule has 0 spiro atoms. The zero-order chi connectivity index (χ0) is 27.8. The molecule has 4 N–H and O–H groups in total. The van der Waals surface area contributed by atoms with Gasteiger partial charge in [-0.05, 0) is 43.2 Å². The molecule has 0 saturated heterocycles. The lowest BCUT2D eigenvalue weighted by molar-refractivity contribution is -0.136. The Morgan fingerprint density at radius 2 is 1.85 bits per heavy atom. The lowest BCUT2D eigenvalue weighted by Gasteiger charge is -2.13. The molecule has 5 aromatic rings. The van der Waals surface area contributed by atoms with Crippen molar-refractivity contribution in [2.24, 2.45) is 0 Å². The van der Waals surface area contributed by atoms with Crippen LogP contribution in [0.4, 0.5) is 17.6 Å². The van der Waals surface area contributed by atoms with Crippen molar-refractivity contribution in [3.63, 3.8) is 0 Å². The van der Waals surface area contributed by atoms with E-state index in [0.717, 1.165) is 12.1 Å². The summed E-state index contributed by atoms with van der Waals surface area (Å²) in [4.78, 5) is 20.7. The molecule has 7 nitrogen and oxygen atoms in total. The molecular formula is C28H21F4N3O4. The maximum atomic E-state index is 15.1. The van der Waals surface area contributed by atoms with Crippen LogP contribution in [0.5, 0.6) is 11.5 Å². The summed E-state index contributed by atoms with van der Waals surface area (Å²) in [5, 5.41) is 19.9. The van der Waals surface area contributed by atoms with Crippen LogP contribution in [0.2, 0.25) is 0 Å². The monoisotopic (exact) mass is 539 g/mol. The molecule has 0 fully saturated rings. The summed E-state index contributed by atoms with van der Waals surface area (Å²) in [7, 11) is 0. The van der Waals surface area contributed by atoms with Gasteiger partial charge in [-0.15, -0.1) is 0 Å². The highest BCUT2D eigenvalue weighted by Gasteiger charge is 2.24. The number of aromatic amines is 2. The number of nitrogens with one attached hydrogen (secondary N) is 2. The van der Waals surface area contributed by atoms with Gasteiger partial charge in [-0.1, -0.05) is 18.2 Å². The number of carbonyl (C=O) groups is 1. The number of H-pyrrole nitrogens is 2. The molecule has 0 bridgehead atoms. The molecule has 2 heterocycles. The number of imidazole rings is 1. The summed E-state index contributed by atoms with van der Waals surface area (Å²) < 4.78 is 64.7. The number of nitrogens with zero attached hydrogens (tertiary/aromatic N) is 1. The summed E-state index contributed by atoms with van der Waals surface area (Å²) >= 11 is 0. The van der Waals surface area contributed by atoms with Gasteiger partial charge >= 0.3 is 5.97 Å². The Hall–Kier alpha value is -4.64. The van der Waals surface area contributed by atoms with Gasteiger partial charge in [-0.25, -0.2) is 22.5 Å². The third kappa shape index (κ3) is 4.96. The number of carboxylic acid groups (broad SMARTS) is 1. The smallest absolute Gasteiger partial charge is 0.303 e. The number of carboxylic acids is 1. The highest BCUT2D eigenvalue weighted by atomic mass is 19.1. The highest BCUT2D eigenvalue weighted by Crippen LogP contribution is 2.36. The van der Waals surface area contributed by atoms with Gasteiger partial charge in [0.05, 0.1) is 16.8 Å². The third-order valence-electron chi connectivity index (χ3n) is 6.31. The van der Waals surface area contributed by atoms with Gasteiger partial charge in [-0.2, -0.15) is 0 Å². The van der Waals surface area contributed by atoms with E-state index in [-0.39, 0.29) is 57.7 Å². The molecule has 5 rings (SSSR count). The summed E-state index contributed by atoms with van der Waals surface area (Å²) in [6.45, 7) is 1.55. The van der Waals surface area contributed by atoms with Crippen molar-refractivity contribution in [1.29, 1.82) is 0 Å². The molecule has 0 aliphatic heterocycles. The van der Waals surface area contributed by atoms with Crippen molar-refractivity contribution in [3.05, 3.63) is 101 Å². The molecule has 2 aromatic heterocycles. The van der Waals surface area contributed by atoms with E-state index in [1.807, 2.05) is 0 Å². The van der Waals surface area contributed by atoms with E-state index in [9.17, 15) is 23.1 Å². The van der Waals surface area contributed by atoms with E-state index >= 15 is 4.39 Å². The maximum Gasteiger partial charge on any atom is 0.303 e. The average molecular weight is 539 g/mol. The number of aromatic nitrogens is 3. The maximum absolute atomic E-state index is 15.1. The van der Waals surface area contributed by atoms with Gasteiger partial charge in [0, 0.05) is 35.3 Å². The Bertz CT molecular complexity index is 1710. The predicted octanol–water partition coefficient (Wildman–Crippen LogP) is 6.31. The minimum absolute atomic E-state index is 0.0139. The summed E-state index contributed by atoms with van der Waals surface area (Å²) in [5.74, 6) is -5.24. The number of benzene rings is 3. The Kier molecular flexibility index (Phi) is 6.83. The molecule has 200 valence electrons. The largest absolute Gasteiger partial charge is 0.481 e. The average Bonchev–Trinajstić information content (AvgIpc) is 3.53. The fourth-order valence-corrected chi connectivity index (χ4v) is 4.33. The van der Waals surface area contributed by atoms with Crippen LogP contribution in [-0.4, -0.2) is 31.1 Å². The van der Waals surface area contributed by atoms with Crippen molar-refractivity contribution >= 4 is 16.9 Å². The Labute approximate surface area is 218 Å². The van der Waals surface area contributed by atoms with Gasteiger partial charge in [0.2, 0.25) is 0 Å². The molecule has 0 unspecified atom stereocenters. The Morgan fingerprint density at radius 3 is 2.62 bits per heavy atom. The second kappa shape index (κ2) is 10.3. The van der Waals surface area contributed by atoms with Crippen LogP contribution in [0, 0.1) is 30.2 Å². The number of aryl methyl sites for hydroxylation is 2.